The van der Waals surface area contributed by atoms with E-state index in [1.165, 1.54) is 38.6 Å². The summed E-state index contributed by atoms with van der Waals surface area (Å²) in [7, 11) is 0. The molecule has 3 rings (SSSR count). The normalized spacial score (nSPS) is 27.6. The minimum Gasteiger partial charge on any atom is -0.379 e. The molecule has 0 unspecified atom stereocenters. The van der Waals surface area contributed by atoms with Crippen LogP contribution in [0.25, 0.3) is 0 Å². The molecule has 2 aliphatic heterocycles. The molecule has 3 fully saturated rings. The molecule has 0 radical (unpaired) electrons. The molecule has 24 heavy (non-hydrogen) atoms. The van der Waals surface area contributed by atoms with Crippen molar-refractivity contribution in [3.8, 4) is 0 Å². The first-order chi connectivity index (χ1) is 11.7. The lowest BCUT2D eigenvalue weighted by Crippen LogP contribution is -2.54. The van der Waals surface area contributed by atoms with Crippen LogP contribution in [0.3, 0.4) is 0 Å². The van der Waals surface area contributed by atoms with E-state index in [9.17, 15) is 8.78 Å². The van der Waals surface area contributed by atoms with Crippen molar-refractivity contribution in [3.05, 3.63) is 0 Å². The van der Waals surface area contributed by atoms with Gasteiger partial charge in [-0.25, -0.2) is 8.78 Å². The predicted octanol–water partition coefficient (Wildman–Crippen LogP) is 2.15. The lowest BCUT2D eigenvalue weighted by molar-refractivity contribution is -0.0127. The van der Waals surface area contributed by atoms with Crippen LogP contribution in [0.2, 0.25) is 0 Å². The van der Waals surface area contributed by atoms with Crippen molar-refractivity contribution in [2.75, 3.05) is 72.1 Å². The highest BCUT2D eigenvalue weighted by atomic mass is 19.3. The van der Waals surface area contributed by atoms with Crippen LogP contribution in [-0.2, 0) is 4.74 Å². The maximum Gasteiger partial charge on any atom is 0.251 e. The number of piperazine rings is 1. The third-order valence-electron chi connectivity index (χ3n) is 6.00. The van der Waals surface area contributed by atoms with Gasteiger partial charge in [-0.1, -0.05) is 19.3 Å². The third kappa shape index (κ3) is 5.35. The SMILES string of the molecule is FC(F)CN1CCN(CC2(CN3CCOCC3)CCCCC2)CC1. The number of hydrogen-bond donors (Lipinski definition) is 0. The van der Waals surface area contributed by atoms with Crippen molar-refractivity contribution in [2.45, 2.75) is 38.5 Å². The fraction of sp³-hybridized carbons (Fsp3) is 1.00. The Morgan fingerprint density at radius 3 is 1.88 bits per heavy atom. The Morgan fingerprint density at radius 1 is 0.750 bits per heavy atom. The Morgan fingerprint density at radius 2 is 1.29 bits per heavy atom. The summed E-state index contributed by atoms with van der Waals surface area (Å²) in [5, 5.41) is 0. The summed E-state index contributed by atoms with van der Waals surface area (Å²) in [6, 6.07) is 0. The monoisotopic (exact) mass is 345 g/mol. The zero-order valence-corrected chi connectivity index (χ0v) is 14.9. The molecule has 0 spiro atoms. The zero-order valence-electron chi connectivity index (χ0n) is 14.9. The molecule has 1 aliphatic carbocycles. The first-order valence-electron chi connectivity index (χ1n) is 9.68. The van der Waals surface area contributed by atoms with Crippen LogP contribution >= 0.6 is 0 Å². The summed E-state index contributed by atoms with van der Waals surface area (Å²) in [5.74, 6) is 0. The van der Waals surface area contributed by atoms with Gasteiger partial charge in [0.1, 0.15) is 0 Å². The van der Waals surface area contributed by atoms with Crippen molar-refractivity contribution in [2.24, 2.45) is 5.41 Å². The van der Waals surface area contributed by atoms with E-state index in [0.717, 1.165) is 59.0 Å². The highest BCUT2D eigenvalue weighted by Crippen LogP contribution is 2.38. The molecule has 2 saturated heterocycles. The molecular formula is C18H33F2N3O. The Kier molecular flexibility index (Phi) is 6.84. The van der Waals surface area contributed by atoms with Gasteiger partial charge in [-0.05, 0) is 18.3 Å². The summed E-state index contributed by atoms with van der Waals surface area (Å²) in [6.07, 6.45) is 4.49. The van der Waals surface area contributed by atoms with Gasteiger partial charge in [0.25, 0.3) is 6.43 Å². The minimum atomic E-state index is -2.21. The molecule has 0 bridgehead atoms. The lowest BCUT2D eigenvalue weighted by atomic mass is 9.73. The second-order valence-corrected chi connectivity index (χ2v) is 7.92. The molecule has 6 heteroatoms. The molecule has 0 N–H and O–H groups in total. The fourth-order valence-corrected chi connectivity index (χ4v) is 4.70. The van der Waals surface area contributed by atoms with E-state index in [-0.39, 0.29) is 6.54 Å². The summed E-state index contributed by atoms with van der Waals surface area (Å²) >= 11 is 0. The third-order valence-corrected chi connectivity index (χ3v) is 6.00. The van der Waals surface area contributed by atoms with Crippen LogP contribution in [0.5, 0.6) is 0 Å². The standard InChI is InChI=1S/C18H33F2N3O/c19-17(20)14-21-6-8-22(9-7-21)15-18(4-2-1-3-5-18)16-23-10-12-24-13-11-23/h17H,1-16H2. The van der Waals surface area contributed by atoms with Gasteiger partial charge in [-0.2, -0.15) is 0 Å². The average Bonchev–Trinajstić information content (AvgIpc) is 2.58. The maximum atomic E-state index is 12.5. The lowest BCUT2D eigenvalue weighted by Gasteiger charge is -2.46. The second kappa shape index (κ2) is 8.88. The van der Waals surface area contributed by atoms with Gasteiger partial charge in [0.05, 0.1) is 19.8 Å². The van der Waals surface area contributed by atoms with Crippen LogP contribution in [0.15, 0.2) is 0 Å². The highest BCUT2D eigenvalue weighted by Gasteiger charge is 2.36. The van der Waals surface area contributed by atoms with Crippen molar-refractivity contribution in [1.82, 2.24) is 14.7 Å². The van der Waals surface area contributed by atoms with Gasteiger partial charge in [0.2, 0.25) is 0 Å². The summed E-state index contributed by atoms with van der Waals surface area (Å²) < 4.78 is 30.6. The Bertz CT molecular complexity index is 363. The van der Waals surface area contributed by atoms with E-state index in [0.29, 0.717) is 5.41 Å². The van der Waals surface area contributed by atoms with E-state index in [1.54, 1.807) is 0 Å². The molecular weight excluding hydrogens is 312 g/mol. The van der Waals surface area contributed by atoms with Gasteiger partial charge in [0, 0.05) is 52.4 Å². The molecule has 0 aromatic rings. The van der Waals surface area contributed by atoms with Crippen molar-refractivity contribution < 1.29 is 13.5 Å². The van der Waals surface area contributed by atoms with E-state index in [1.807, 2.05) is 4.90 Å². The summed E-state index contributed by atoms with van der Waals surface area (Å²) in [6.45, 7) is 9.58. The fourth-order valence-electron chi connectivity index (χ4n) is 4.70. The zero-order chi connectivity index (χ0) is 16.8. The molecule has 2 heterocycles. The van der Waals surface area contributed by atoms with Crippen molar-refractivity contribution >= 4 is 0 Å². The van der Waals surface area contributed by atoms with E-state index >= 15 is 0 Å². The van der Waals surface area contributed by atoms with Crippen molar-refractivity contribution in [3.63, 3.8) is 0 Å². The summed E-state index contributed by atoms with van der Waals surface area (Å²) in [4.78, 5) is 7.03. The van der Waals surface area contributed by atoms with E-state index in [4.69, 9.17) is 4.74 Å². The smallest absolute Gasteiger partial charge is 0.251 e. The molecule has 0 atom stereocenters. The number of rotatable bonds is 6. The quantitative estimate of drug-likeness (QED) is 0.734. The van der Waals surface area contributed by atoms with Crippen LogP contribution in [0.1, 0.15) is 32.1 Å². The average molecular weight is 345 g/mol. The van der Waals surface area contributed by atoms with Crippen LogP contribution in [0.4, 0.5) is 8.78 Å². The molecule has 0 amide bonds. The maximum absolute atomic E-state index is 12.5. The first kappa shape index (κ1) is 18.5. The second-order valence-electron chi connectivity index (χ2n) is 7.92. The number of alkyl halides is 2. The molecule has 3 aliphatic rings. The Balaban J connectivity index is 1.52. The Hall–Kier alpha value is -0.300. The number of nitrogens with zero attached hydrogens (tertiary/aromatic N) is 3. The van der Waals surface area contributed by atoms with E-state index in [2.05, 4.69) is 9.80 Å². The highest BCUT2D eigenvalue weighted by molar-refractivity contribution is 4.90. The summed E-state index contributed by atoms with van der Waals surface area (Å²) in [5.41, 5.74) is 0.403. The van der Waals surface area contributed by atoms with Crippen LogP contribution < -0.4 is 0 Å². The number of ether oxygens (including phenoxy) is 1. The molecule has 0 aromatic heterocycles. The number of morpholine rings is 1. The number of hydrogen-bond acceptors (Lipinski definition) is 4. The molecule has 0 aromatic carbocycles. The van der Waals surface area contributed by atoms with Crippen LogP contribution in [0, 0.1) is 5.41 Å². The van der Waals surface area contributed by atoms with Gasteiger partial charge in [0.15, 0.2) is 0 Å². The first-order valence-corrected chi connectivity index (χ1v) is 9.68. The van der Waals surface area contributed by atoms with Crippen molar-refractivity contribution in [1.29, 1.82) is 0 Å². The topological polar surface area (TPSA) is 19.0 Å². The van der Waals surface area contributed by atoms with Gasteiger partial charge in [-0.15, -0.1) is 0 Å². The minimum absolute atomic E-state index is 0.0627. The van der Waals surface area contributed by atoms with Crippen LogP contribution in [-0.4, -0.2) is 93.2 Å². The van der Waals surface area contributed by atoms with E-state index < -0.39 is 6.43 Å². The van der Waals surface area contributed by atoms with Gasteiger partial charge >= 0.3 is 0 Å². The molecule has 140 valence electrons. The molecule has 4 nitrogen and oxygen atoms in total. The van der Waals surface area contributed by atoms with Gasteiger partial charge in [-0.3, -0.25) is 9.80 Å². The largest absolute Gasteiger partial charge is 0.379 e. The Labute approximate surface area is 145 Å². The van der Waals surface area contributed by atoms with Gasteiger partial charge < -0.3 is 9.64 Å². The molecule has 1 saturated carbocycles. The number of halogens is 2. The predicted molar refractivity (Wildman–Crippen MR) is 91.7 cm³/mol.